The van der Waals surface area contributed by atoms with Gasteiger partial charge in [-0.2, -0.15) is 0 Å². The third-order valence-electron chi connectivity index (χ3n) is 4.24. The summed E-state index contributed by atoms with van der Waals surface area (Å²) in [7, 11) is 1.60. The van der Waals surface area contributed by atoms with Crippen molar-refractivity contribution >= 4 is 23.3 Å². The summed E-state index contributed by atoms with van der Waals surface area (Å²) in [4.78, 5) is 12.5. The van der Waals surface area contributed by atoms with E-state index in [9.17, 15) is 4.79 Å². The first-order valence-corrected chi connectivity index (χ1v) is 9.54. The van der Waals surface area contributed by atoms with Gasteiger partial charge in [-0.15, -0.1) is 0 Å². The lowest BCUT2D eigenvalue weighted by molar-refractivity contribution is -0.139. The van der Waals surface area contributed by atoms with E-state index in [1.165, 1.54) is 0 Å². The molecule has 0 saturated carbocycles. The number of ether oxygens (including phenoxy) is 3. The highest BCUT2D eigenvalue weighted by molar-refractivity contribution is 7.80. The Hall–Kier alpha value is -2.28. The number of hydrogen-bond acceptors (Lipinski definition) is 5. The van der Waals surface area contributed by atoms with Gasteiger partial charge in [-0.25, -0.2) is 4.79 Å². The van der Waals surface area contributed by atoms with Crippen molar-refractivity contribution in [2.75, 3.05) is 20.3 Å². The minimum absolute atomic E-state index is 0.304. The number of allylic oxidation sites excluding steroid dienone is 1. The van der Waals surface area contributed by atoms with Gasteiger partial charge in [0, 0.05) is 5.70 Å². The monoisotopic (exact) mass is 392 g/mol. The number of carbonyl (C=O) groups is 1. The van der Waals surface area contributed by atoms with Crippen molar-refractivity contribution in [3.8, 4) is 11.5 Å². The number of carbonyl (C=O) groups excluding carboxylic acids is 1. The van der Waals surface area contributed by atoms with Crippen molar-refractivity contribution in [3.05, 3.63) is 35.0 Å². The maximum Gasteiger partial charge on any atom is 0.338 e. The highest BCUT2D eigenvalue weighted by Gasteiger charge is 2.31. The zero-order valence-electron chi connectivity index (χ0n) is 16.5. The third-order valence-corrected chi connectivity index (χ3v) is 4.46. The van der Waals surface area contributed by atoms with Crippen LogP contribution >= 0.6 is 12.2 Å². The first-order valence-electron chi connectivity index (χ1n) is 9.13. The molecule has 1 aliphatic rings. The van der Waals surface area contributed by atoms with Crippen LogP contribution in [-0.2, 0) is 9.53 Å². The molecule has 1 aromatic rings. The van der Waals surface area contributed by atoms with E-state index in [0.29, 0.717) is 47.0 Å². The molecule has 0 spiro atoms. The van der Waals surface area contributed by atoms with Crippen molar-refractivity contribution in [1.29, 1.82) is 0 Å². The summed E-state index contributed by atoms with van der Waals surface area (Å²) in [5.74, 6) is 1.48. The molecule has 1 heterocycles. The van der Waals surface area contributed by atoms with Crippen LogP contribution < -0.4 is 20.1 Å². The van der Waals surface area contributed by atoms with E-state index >= 15 is 0 Å². The molecule has 0 radical (unpaired) electrons. The number of rotatable bonds is 8. The van der Waals surface area contributed by atoms with E-state index in [4.69, 9.17) is 26.4 Å². The molecule has 1 unspecified atom stereocenters. The Morgan fingerprint density at radius 2 is 2.04 bits per heavy atom. The van der Waals surface area contributed by atoms with Crippen LogP contribution in [0.3, 0.4) is 0 Å². The summed E-state index contributed by atoms with van der Waals surface area (Å²) in [5.41, 5.74) is 2.02. The Morgan fingerprint density at radius 1 is 1.30 bits per heavy atom. The van der Waals surface area contributed by atoms with Crippen molar-refractivity contribution in [2.45, 2.75) is 40.2 Å². The minimum Gasteiger partial charge on any atom is -0.493 e. The normalized spacial score (nSPS) is 16.7. The largest absolute Gasteiger partial charge is 0.493 e. The average Bonchev–Trinajstić information content (AvgIpc) is 2.61. The van der Waals surface area contributed by atoms with Crippen LogP contribution in [0.5, 0.6) is 11.5 Å². The van der Waals surface area contributed by atoms with Crippen LogP contribution in [0.4, 0.5) is 0 Å². The maximum atomic E-state index is 12.5. The van der Waals surface area contributed by atoms with Crippen molar-refractivity contribution in [3.63, 3.8) is 0 Å². The Labute approximate surface area is 166 Å². The number of benzene rings is 1. The molecule has 27 heavy (non-hydrogen) atoms. The minimum atomic E-state index is -0.420. The summed E-state index contributed by atoms with van der Waals surface area (Å²) in [5, 5.41) is 6.60. The zero-order valence-corrected chi connectivity index (χ0v) is 17.4. The van der Waals surface area contributed by atoms with Gasteiger partial charge in [-0.1, -0.05) is 19.9 Å². The second-order valence-electron chi connectivity index (χ2n) is 6.73. The molecule has 1 aromatic carbocycles. The lowest BCUT2D eigenvalue weighted by atomic mass is 9.95. The van der Waals surface area contributed by atoms with Crippen LogP contribution in [0, 0.1) is 5.92 Å². The summed E-state index contributed by atoms with van der Waals surface area (Å²) in [6, 6.07) is 5.21. The van der Waals surface area contributed by atoms with Crippen LogP contribution in [-0.4, -0.2) is 31.4 Å². The number of nitrogens with one attached hydrogen (secondary N) is 2. The van der Waals surface area contributed by atoms with Crippen LogP contribution in [0.2, 0.25) is 0 Å². The SMILES string of the molecule is CCOC(=O)C1=C(C)NC(=S)NC1c1ccc(OCCC(C)C)c(OC)c1. The van der Waals surface area contributed by atoms with Crippen LogP contribution in [0.15, 0.2) is 29.5 Å². The van der Waals surface area contributed by atoms with Gasteiger partial charge in [0.05, 0.1) is 31.9 Å². The fourth-order valence-corrected chi connectivity index (χ4v) is 3.08. The molecule has 2 N–H and O–H groups in total. The summed E-state index contributed by atoms with van der Waals surface area (Å²) in [6.45, 7) is 8.83. The number of methoxy groups -OCH3 is 1. The molecular formula is C20H28N2O4S. The fourth-order valence-electron chi connectivity index (χ4n) is 2.81. The molecule has 0 amide bonds. The smallest absolute Gasteiger partial charge is 0.338 e. The van der Waals surface area contributed by atoms with Gasteiger partial charge in [0.25, 0.3) is 0 Å². The van der Waals surface area contributed by atoms with E-state index in [1.54, 1.807) is 14.0 Å². The van der Waals surface area contributed by atoms with Gasteiger partial charge in [-0.05, 0) is 56.1 Å². The van der Waals surface area contributed by atoms with Crippen LogP contribution in [0.25, 0.3) is 0 Å². The lowest BCUT2D eigenvalue weighted by Crippen LogP contribution is -2.45. The number of esters is 1. The van der Waals surface area contributed by atoms with Gasteiger partial charge in [-0.3, -0.25) is 0 Å². The van der Waals surface area contributed by atoms with Crippen LogP contribution in [0.1, 0.15) is 45.7 Å². The zero-order chi connectivity index (χ0) is 20.0. The molecule has 148 valence electrons. The first-order chi connectivity index (χ1) is 12.9. The molecule has 7 heteroatoms. The van der Waals surface area contributed by atoms with Gasteiger partial charge in [0.1, 0.15) is 0 Å². The average molecular weight is 393 g/mol. The second kappa shape index (κ2) is 9.60. The summed E-state index contributed by atoms with van der Waals surface area (Å²) in [6.07, 6.45) is 0.962. The maximum absolute atomic E-state index is 12.5. The molecular weight excluding hydrogens is 364 g/mol. The van der Waals surface area contributed by atoms with Crippen molar-refractivity contribution in [2.24, 2.45) is 5.92 Å². The Bertz CT molecular complexity index is 731. The Kier molecular flexibility index (Phi) is 7.47. The quantitative estimate of drug-likeness (QED) is 0.518. The highest BCUT2D eigenvalue weighted by atomic mass is 32.1. The molecule has 6 nitrogen and oxygen atoms in total. The standard InChI is InChI=1S/C20H28N2O4S/c1-6-25-19(23)17-13(4)21-20(27)22-18(17)14-7-8-15(16(11-14)24-5)26-10-9-12(2)3/h7-8,11-12,18H,6,9-10H2,1-5H3,(H2,21,22,27). The Morgan fingerprint density at radius 3 is 2.67 bits per heavy atom. The van der Waals surface area contributed by atoms with Gasteiger partial charge in [0.15, 0.2) is 16.6 Å². The lowest BCUT2D eigenvalue weighted by Gasteiger charge is -2.30. The van der Waals surface area contributed by atoms with E-state index in [1.807, 2.05) is 25.1 Å². The molecule has 0 saturated heterocycles. The fraction of sp³-hybridized carbons (Fsp3) is 0.500. The third kappa shape index (κ3) is 5.35. The first kappa shape index (κ1) is 21.0. The predicted molar refractivity (Wildman–Crippen MR) is 109 cm³/mol. The molecule has 0 aromatic heterocycles. The Balaban J connectivity index is 2.32. The molecule has 1 aliphatic heterocycles. The number of hydrogen-bond donors (Lipinski definition) is 2. The summed E-state index contributed by atoms with van der Waals surface area (Å²) >= 11 is 5.27. The van der Waals surface area contributed by atoms with E-state index in [-0.39, 0.29) is 5.97 Å². The number of thiocarbonyl (C=S) groups is 1. The van der Waals surface area contributed by atoms with E-state index in [0.717, 1.165) is 12.0 Å². The molecule has 2 rings (SSSR count). The van der Waals surface area contributed by atoms with Crippen molar-refractivity contribution < 1.29 is 19.0 Å². The van der Waals surface area contributed by atoms with E-state index in [2.05, 4.69) is 24.5 Å². The van der Waals surface area contributed by atoms with Gasteiger partial charge >= 0.3 is 5.97 Å². The summed E-state index contributed by atoms with van der Waals surface area (Å²) < 4.78 is 16.6. The molecule has 0 bridgehead atoms. The van der Waals surface area contributed by atoms with E-state index < -0.39 is 6.04 Å². The highest BCUT2D eigenvalue weighted by Crippen LogP contribution is 2.34. The molecule has 0 aliphatic carbocycles. The predicted octanol–water partition coefficient (Wildman–Crippen LogP) is 3.48. The molecule has 0 fully saturated rings. The second-order valence-corrected chi connectivity index (χ2v) is 7.14. The molecule has 1 atom stereocenters. The topological polar surface area (TPSA) is 68.8 Å². The van der Waals surface area contributed by atoms with Gasteiger partial charge in [0.2, 0.25) is 0 Å². The van der Waals surface area contributed by atoms with Gasteiger partial charge < -0.3 is 24.8 Å². The van der Waals surface area contributed by atoms with Crippen molar-refractivity contribution in [1.82, 2.24) is 10.6 Å².